The van der Waals surface area contributed by atoms with Crippen molar-refractivity contribution in [3.05, 3.63) is 52.0 Å². The van der Waals surface area contributed by atoms with Crippen LogP contribution in [0.25, 0.3) is 0 Å². The van der Waals surface area contributed by atoms with Gasteiger partial charge in [0, 0.05) is 11.4 Å². The van der Waals surface area contributed by atoms with E-state index in [9.17, 15) is 13.2 Å². The zero-order chi connectivity index (χ0) is 15.8. The van der Waals surface area contributed by atoms with Crippen molar-refractivity contribution in [2.45, 2.75) is 20.0 Å². The van der Waals surface area contributed by atoms with Crippen LogP contribution in [-0.2, 0) is 6.18 Å². The van der Waals surface area contributed by atoms with Crippen LogP contribution in [-0.4, -0.2) is 0 Å². The van der Waals surface area contributed by atoms with Crippen LogP contribution in [0.15, 0.2) is 30.3 Å². The summed E-state index contributed by atoms with van der Waals surface area (Å²) in [5, 5.41) is 3.29. The first-order chi connectivity index (χ1) is 9.68. The molecule has 2 aromatic carbocycles. The van der Waals surface area contributed by atoms with E-state index in [4.69, 9.17) is 17.3 Å². The molecule has 0 amide bonds. The molecule has 0 spiro atoms. The van der Waals surface area contributed by atoms with Gasteiger partial charge < -0.3 is 11.1 Å². The average molecular weight is 315 g/mol. The highest BCUT2D eigenvalue weighted by Crippen LogP contribution is 2.35. The second-order valence-corrected chi connectivity index (χ2v) is 5.25. The molecule has 0 bridgehead atoms. The van der Waals surface area contributed by atoms with E-state index < -0.39 is 11.7 Å². The summed E-state index contributed by atoms with van der Waals surface area (Å²) in [6.45, 7) is 3.23. The first-order valence-electron chi connectivity index (χ1n) is 6.19. The number of hydrogen-bond donors (Lipinski definition) is 2. The van der Waals surface area contributed by atoms with E-state index in [0.717, 1.165) is 11.6 Å². The van der Waals surface area contributed by atoms with Crippen molar-refractivity contribution in [1.82, 2.24) is 0 Å². The largest absolute Gasteiger partial charge is 0.416 e. The van der Waals surface area contributed by atoms with Gasteiger partial charge in [0.15, 0.2) is 0 Å². The molecule has 0 heterocycles. The fourth-order valence-corrected chi connectivity index (χ4v) is 2.16. The minimum Gasteiger partial charge on any atom is -0.398 e. The van der Waals surface area contributed by atoms with Gasteiger partial charge in [0.1, 0.15) is 0 Å². The fourth-order valence-electron chi connectivity index (χ4n) is 2.00. The van der Waals surface area contributed by atoms with Gasteiger partial charge in [0.05, 0.1) is 16.3 Å². The van der Waals surface area contributed by atoms with Crippen molar-refractivity contribution in [3.8, 4) is 0 Å². The maximum atomic E-state index is 12.9. The van der Waals surface area contributed by atoms with Crippen LogP contribution in [0.3, 0.4) is 0 Å². The third kappa shape index (κ3) is 3.42. The molecule has 0 aliphatic carbocycles. The number of aryl methyl sites for hydroxylation is 2. The molecular weight excluding hydrogens is 301 g/mol. The molecular formula is C15H14ClF3N2. The first kappa shape index (κ1) is 15.5. The van der Waals surface area contributed by atoms with Crippen molar-refractivity contribution in [3.63, 3.8) is 0 Å². The highest BCUT2D eigenvalue weighted by molar-refractivity contribution is 6.33. The highest BCUT2D eigenvalue weighted by Gasteiger charge is 2.32. The number of anilines is 3. The van der Waals surface area contributed by atoms with Crippen LogP contribution in [0.2, 0.25) is 5.02 Å². The molecule has 0 aliphatic heterocycles. The standard InChI is InChI=1S/C15H14ClF3N2/c1-8-3-4-10(6-11(8)15(17,18)19)21-14-7-12(16)13(20)5-9(14)2/h3-7,21H,20H2,1-2H3. The van der Waals surface area contributed by atoms with Crippen LogP contribution < -0.4 is 11.1 Å². The Hall–Kier alpha value is -1.88. The second kappa shape index (κ2) is 5.48. The van der Waals surface area contributed by atoms with Gasteiger partial charge in [-0.1, -0.05) is 17.7 Å². The molecule has 2 nitrogen and oxygen atoms in total. The van der Waals surface area contributed by atoms with Crippen molar-refractivity contribution >= 4 is 28.7 Å². The summed E-state index contributed by atoms with van der Waals surface area (Å²) in [4.78, 5) is 0. The molecule has 3 N–H and O–H groups in total. The topological polar surface area (TPSA) is 38.0 Å². The number of nitrogens with two attached hydrogens (primary N) is 1. The number of nitrogen functional groups attached to an aromatic ring is 1. The predicted molar refractivity (Wildman–Crippen MR) is 80.1 cm³/mol. The lowest BCUT2D eigenvalue weighted by molar-refractivity contribution is -0.138. The average Bonchev–Trinajstić information content (AvgIpc) is 2.37. The normalized spacial score (nSPS) is 11.5. The summed E-state index contributed by atoms with van der Waals surface area (Å²) in [6, 6.07) is 7.37. The van der Waals surface area contributed by atoms with E-state index in [1.165, 1.54) is 13.0 Å². The molecule has 0 fully saturated rings. The van der Waals surface area contributed by atoms with E-state index in [1.54, 1.807) is 25.1 Å². The molecule has 2 rings (SSSR count). The number of halogens is 4. The molecule has 0 aliphatic rings. The van der Waals surface area contributed by atoms with Gasteiger partial charge in [-0.2, -0.15) is 13.2 Å². The molecule has 21 heavy (non-hydrogen) atoms. The number of nitrogens with one attached hydrogen (secondary N) is 1. The minimum absolute atomic E-state index is 0.181. The zero-order valence-electron chi connectivity index (χ0n) is 11.5. The number of alkyl halides is 3. The summed E-state index contributed by atoms with van der Waals surface area (Å²) in [7, 11) is 0. The summed E-state index contributed by atoms with van der Waals surface area (Å²) in [5.74, 6) is 0. The smallest absolute Gasteiger partial charge is 0.398 e. The molecule has 0 radical (unpaired) electrons. The molecule has 112 valence electrons. The van der Waals surface area contributed by atoms with E-state index in [1.807, 2.05) is 0 Å². The van der Waals surface area contributed by atoms with Gasteiger partial charge in [0.25, 0.3) is 0 Å². The van der Waals surface area contributed by atoms with Crippen LogP contribution in [0.4, 0.5) is 30.2 Å². The Bertz CT molecular complexity index is 681. The maximum Gasteiger partial charge on any atom is 0.416 e. The molecule has 0 aromatic heterocycles. The number of benzene rings is 2. The Kier molecular flexibility index (Phi) is 4.05. The Balaban J connectivity index is 2.39. The lowest BCUT2D eigenvalue weighted by Gasteiger charge is -2.15. The first-order valence-corrected chi connectivity index (χ1v) is 6.57. The monoisotopic (exact) mass is 314 g/mol. The van der Waals surface area contributed by atoms with Crippen molar-refractivity contribution in [2.24, 2.45) is 0 Å². The summed E-state index contributed by atoms with van der Waals surface area (Å²) < 4.78 is 38.7. The van der Waals surface area contributed by atoms with Crippen molar-refractivity contribution in [1.29, 1.82) is 0 Å². The number of rotatable bonds is 2. The van der Waals surface area contributed by atoms with E-state index in [2.05, 4.69) is 5.32 Å². The van der Waals surface area contributed by atoms with Crippen LogP contribution in [0.1, 0.15) is 16.7 Å². The Morgan fingerprint density at radius 2 is 1.71 bits per heavy atom. The summed E-state index contributed by atoms with van der Waals surface area (Å²) in [5.41, 5.74) is 7.38. The minimum atomic E-state index is -4.38. The predicted octanol–water partition coefficient (Wildman–Crippen LogP) is 5.30. The Labute approximate surface area is 125 Å². The maximum absolute atomic E-state index is 12.9. The lowest BCUT2D eigenvalue weighted by atomic mass is 10.1. The number of hydrogen-bond acceptors (Lipinski definition) is 2. The molecule has 0 unspecified atom stereocenters. The zero-order valence-corrected chi connectivity index (χ0v) is 12.2. The van der Waals surface area contributed by atoms with E-state index in [0.29, 0.717) is 22.1 Å². The van der Waals surface area contributed by atoms with E-state index >= 15 is 0 Å². The van der Waals surface area contributed by atoms with Crippen LogP contribution in [0.5, 0.6) is 0 Å². The molecule has 6 heteroatoms. The quantitative estimate of drug-likeness (QED) is 0.738. The molecule has 2 aromatic rings. The Morgan fingerprint density at radius 3 is 2.33 bits per heavy atom. The summed E-state index contributed by atoms with van der Waals surface area (Å²) in [6.07, 6.45) is -4.38. The van der Waals surface area contributed by atoms with Gasteiger partial charge in [-0.15, -0.1) is 0 Å². The van der Waals surface area contributed by atoms with Crippen molar-refractivity contribution in [2.75, 3.05) is 11.1 Å². The second-order valence-electron chi connectivity index (χ2n) is 4.84. The van der Waals surface area contributed by atoms with Gasteiger partial charge in [-0.3, -0.25) is 0 Å². The van der Waals surface area contributed by atoms with Gasteiger partial charge >= 0.3 is 6.18 Å². The van der Waals surface area contributed by atoms with E-state index in [-0.39, 0.29) is 5.56 Å². The molecule has 0 saturated carbocycles. The lowest BCUT2D eigenvalue weighted by Crippen LogP contribution is -2.08. The summed E-state index contributed by atoms with van der Waals surface area (Å²) >= 11 is 5.94. The third-order valence-electron chi connectivity index (χ3n) is 3.17. The molecule has 0 atom stereocenters. The van der Waals surface area contributed by atoms with Crippen LogP contribution in [0, 0.1) is 13.8 Å². The SMILES string of the molecule is Cc1cc(N)c(Cl)cc1Nc1ccc(C)c(C(F)(F)F)c1. The van der Waals surface area contributed by atoms with Gasteiger partial charge in [-0.25, -0.2) is 0 Å². The van der Waals surface area contributed by atoms with Gasteiger partial charge in [-0.05, 0) is 49.2 Å². The van der Waals surface area contributed by atoms with Crippen molar-refractivity contribution < 1.29 is 13.2 Å². The third-order valence-corrected chi connectivity index (χ3v) is 3.49. The Morgan fingerprint density at radius 1 is 1.05 bits per heavy atom. The van der Waals surface area contributed by atoms with Gasteiger partial charge in [0.2, 0.25) is 0 Å². The fraction of sp³-hybridized carbons (Fsp3) is 0.200. The highest BCUT2D eigenvalue weighted by atomic mass is 35.5. The van der Waals surface area contributed by atoms with Crippen LogP contribution >= 0.6 is 11.6 Å². The molecule has 0 saturated heterocycles.